The van der Waals surface area contributed by atoms with Crippen molar-refractivity contribution < 1.29 is 4.39 Å². The molecule has 118 valence electrons. The lowest BCUT2D eigenvalue weighted by Gasteiger charge is -2.04. The fourth-order valence-corrected chi connectivity index (χ4v) is 3.78. The zero-order valence-corrected chi connectivity index (χ0v) is 13.8. The van der Waals surface area contributed by atoms with E-state index < -0.39 is 0 Å². The van der Waals surface area contributed by atoms with Crippen molar-refractivity contribution in [2.24, 2.45) is 0 Å². The van der Waals surface area contributed by atoms with Crippen LogP contribution in [0.25, 0.3) is 32.7 Å². The largest absolute Gasteiger partial charge is 0.306 e. The normalized spacial score (nSPS) is 11.1. The van der Waals surface area contributed by atoms with Gasteiger partial charge in [-0.3, -0.25) is 4.79 Å². The van der Waals surface area contributed by atoms with Gasteiger partial charge in [0, 0.05) is 27.1 Å². The van der Waals surface area contributed by atoms with Gasteiger partial charge in [0.15, 0.2) is 0 Å². The number of H-pyrrole nitrogens is 1. The van der Waals surface area contributed by atoms with Crippen LogP contribution in [0, 0.1) is 5.82 Å². The van der Waals surface area contributed by atoms with E-state index in [1.54, 1.807) is 18.2 Å². The molecule has 0 saturated heterocycles. The summed E-state index contributed by atoms with van der Waals surface area (Å²) in [5, 5.41) is 2.93. The first kappa shape index (κ1) is 15.1. The second-order valence-corrected chi connectivity index (χ2v) is 6.50. The maximum absolute atomic E-state index is 13.4. The molecule has 0 unspecified atom stereocenters. The summed E-state index contributed by atoms with van der Waals surface area (Å²) in [6, 6.07) is 13.3. The van der Waals surface area contributed by atoms with Crippen molar-refractivity contribution in [1.29, 1.82) is 0 Å². The fraction of sp³-hybridized carbons (Fsp3) is 0. The van der Waals surface area contributed by atoms with E-state index in [0.717, 1.165) is 11.1 Å². The molecule has 0 fully saturated rings. The molecular weight excluding hydrogens is 347 g/mol. The van der Waals surface area contributed by atoms with Crippen LogP contribution in [0.5, 0.6) is 0 Å². The molecule has 0 aliphatic rings. The average Bonchev–Trinajstić information content (AvgIpc) is 3.00. The number of aromatic amines is 1. The quantitative estimate of drug-likeness (QED) is 0.542. The number of benzene rings is 2. The number of halogens is 2. The Labute approximate surface area is 145 Å². The zero-order valence-electron chi connectivity index (χ0n) is 12.2. The van der Waals surface area contributed by atoms with Gasteiger partial charge in [-0.25, -0.2) is 9.37 Å². The highest BCUT2D eigenvalue weighted by atomic mass is 35.5. The first-order chi connectivity index (χ1) is 11.6. The molecule has 1 N–H and O–H groups in total. The summed E-state index contributed by atoms with van der Waals surface area (Å²) in [4.78, 5) is 20.4. The van der Waals surface area contributed by atoms with Crippen LogP contribution in [0.4, 0.5) is 4.39 Å². The highest BCUT2D eigenvalue weighted by molar-refractivity contribution is 7.17. The van der Waals surface area contributed by atoms with E-state index in [1.165, 1.54) is 23.5 Å². The first-order valence-corrected chi connectivity index (χ1v) is 8.41. The SMILES string of the molecule is O=c1[nH]c(-c2cccc(F)c2)nc2scc(-c3ccccc3Cl)c12. The minimum absolute atomic E-state index is 0.268. The highest BCUT2D eigenvalue weighted by Gasteiger charge is 2.15. The van der Waals surface area contributed by atoms with Crippen molar-refractivity contribution in [3.05, 3.63) is 75.1 Å². The van der Waals surface area contributed by atoms with Gasteiger partial charge >= 0.3 is 0 Å². The Kier molecular flexibility index (Phi) is 3.67. The Hall–Kier alpha value is -2.50. The number of rotatable bonds is 2. The van der Waals surface area contributed by atoms with Crippen LogP contribution >= 0.6 is 22.9 Å². The molecule has 0 saturated carbocycles. The Bertz CT molecular complexity index is 1120. The van der Waals surface area contributed by atoms with Gasteiger partial charge in [0.1, 0.15) is 16.5 Å². The van der Waals surface area contributed by atoms with Crippen molar-refractivity contribution >= 4 is 33.2 Å². The third-order valence-corrected chi connectivity index (χ3v) is 4.91. The van der Waals surface area contributed by atoms with Crippen LogP contribution in [-0.4, -0.2) is 9.97 Å². The summed E-state index contributed by atoms with van der Waals surface area (Å²) < 4.78 is 13.4. The van der Waals surface area contributed by atoms with Crippen LogP contribution in [0.1, 0.15) is 0 Å². The molecule has 0 radical (unpaired) electrons. The highest BCUT2D eigenvalue weighted by Crippen LogP contribution is 2.35. The van der Waals surface area contributed by atoms with E-state index in [1.807, 2.05) is 23.6 Å². The number of nitrogens with zero attached hydrogens (tertiary/aromatic N) is 1. The summed E-state index contributed by atoms with van der Waals surface area (Å²) in [6.45, 7) is 0. The zero-order chi connectivity index (χ0) is 16.7. The van der Waals surface area contributed by atoms with Crippen molar-refractivity contribution in [2.75, 3.05) is 0 Å². The number of thiophene rings is 1. The summed E-state index contributed by atoms with van der Waals surface area (Å²) in [7, 11) is 0. The molecule has 0 aliphatic heterocycles. The minimum atomic E-state index is -0.377. The summed E-state index contributed by atoms with van der Waals surface area (Å²) >= 11 is 7.60. The standard InChI is InChI=1S/C18H10ClFN2OS/c19-14-7-2-1-6-12(14)13-9-24-18-15(13)17(23)21-16(22-18)10-4-3-5-11(20)8-10/h1-9H,(H,21,22,23). The molecule has 4 aromatic rings. The molecule has 0 aliphatic carbocycles. The van der Waals surface area contributed by atoms with Crippen molar-refractivity contribution in [3.8, 4) is 22.5 Å². The topological polar surface area (TPSA) is 45.8 Å². The minimum Gasteiger partial charge on any atom is -0.306 e. The number of hydrogen-bond acceptors (Lipinski definition) is 3. The van der Waals surface area contributed by atoms with Gasteiger partial charge in [-0.1, -0.05) is 41.9 Å². The van der Waals surface area contributed by atoms with Crippen molar-refractivity contribution in [3.63, 3.8) is 0 Å². The average molecular weight is 357 g/mol. The van der Waals surface area contributed by atoms with Gasteiger partial charge < -0.3 is 4.98 Å². The molecule has 4 rings (SSSR count). The Morgan fingerprint density at radius 3 is 2.71 bits per heavy atom. The van der Waals surface area contributed by atoms with Crippen LogP contribution in [0.15, 0.2) is 58.7 Å². The second-order valence-electron chi connectivity index (χ2n) is 5.23. The van der Waals surface area contributed by atoms with E-state index in [0.29, 0.717) is 26.6 Å². The van der Waals surface area contributed by atoms with Gasteiger partial charge in [0.05, 0.1) is 5.39 Å². The Morgan fingerprint density at radius 1 is 1.08 bits per heavy atom. The predicted molar refractivity (Wildman–Crippen MR) is 96.1 cm³/mol. The first-order valence-electron chi connectivity index (χ1n) is 7.16. The lowest BCUT2D eigenvalue weighted by atomic mass is 10.1. The van der Waals surface area contributed by atoms with Crippen LogP contribution in [0.2, 0.25) is 5.02 Å². The number of nitrogens with one attached hydrogen (secondary N) is 1. The lowest BCUT2D eigenvalue weighted by Crippen LogP contribution is -2.09. The molecule has 2 aromatic heterocycles. The maximum atomic E-state index is 13.4. The Morgan fingerprint density at radius 2 is 1.92 bits per heavy atom. The third-order valence-electron chi connectivity index (χ3n) is 3.71. The van der Waals surface area contributed by atoms with Crippen molar-refractivity contribution in [2.45, 2.75) is 0 Å². The van der Waals surface area contributed by atoms with E-state index in [2.05, 4.69) is 9.97 Å². The van der Waals surface area contributed by atoms with Gasteiger partial charge in [0.2, 0.25) is 0 Å². The van der Waals surface area contributed by atoms with Gasteiger partial charge in [-0.05, 0) is 18.2 Å². The van der Waals surface area contributed by atoms with E-state index in [9.17, 15) is 9.18 Å². The number of aromatic nitrogens is 2. The predicted octanol–water partition coefficient (Wildman–Crippen LogP) is 5.11. The Balaban J connectivity index is 1.94. The monoisotopic (exact) mass is 356 g/mol. The molecule has 3 nitrogen and oxygen atoms in total. The summed E-state index contributed by atoms with van der Waals surface area (Å²) in [6.07, 6.45) is 0. The molecule has 2 heterocycles. The van der Waals surface area contributed by atoms with Crippen LogP contribution < -0.4 is 5.56 Å². The van der Waals surface area contributed by atoms with E-state index in [-0.39, 0.29) is 11.4 Å². The van der Waals surface area contributed by atoms with Crippen molar-refractivity contribution in [1.82, 2.24) is 9.97 Å². The van der Waals surface area contributed by atoms with Crippen LogP contribution in [0.3, 0.4) is 0 Å². The molecule has 0 atom stereocenters. The summed E-state index contributed by atoms with van der Waals surface area (Å²) in [5.41, 5.74) is 1.80. The molecule has 6 heteroatoms. The van der Waals surface area contributed by atoms with E-state index >= 15 is 0 Å². The number of fused-ring (bicyclic) bond motifs is 1. The second kappa shape index (κ2) is 5.85. The summed E-state index contributed by atoms with van der Waals surface area (Å²) in [5.74, 6) is -0.0299. The molecular formula is C18H10ClFN2OS. The van der Waals surface area contributed by atoms with Gasteiger partial charge in [-0.2, -0.15) is 0 Å². The third kappa shape index (κ3) is 2.52. The van der Waals surface area contributed by atoms with E-state index in [4.69, 9.17) is 11.6 Å². The number of hydrogen-bond donors (Lipinski definition) is 1. The van der Waals surface area contributed by atoms with Gasteiger partial charge in [0.25, 0.3) is 5.56 Å². The molecule has 0 amide bonds. The molecule has 0 spiro atoms. The maximum Gasteiger partial charge on any atom is 0.260 e. The van der Waals surface area contributed by atoms with Crippen LogP contribution in [-0.2, 0) is 0 Å². The van der Waals surface area contributed by atoms with Gasteiger partial charge in [-0.15, -0.1) is 11.3 Å². The molecule has 2 aromatic carbocycles. The lowest BCUT2D eigenvalue weighted by molar-refractivity contribution is 0.628. The molecule has 0 bridgehead atoms. The molecule has 24 heavy (non-hydrogen) atoms. The smallest absolute Gasteiger partial charge is 0.260 e. The fourth-order valence-electron chi connectivity index (χ4n) is 2.60.